The van der Waals surface area contributed by atoms with Gasteiger partial charge in [-0.1, -0.05) is 12.1 Å². The summed E-state index contributed by atoms with van der Waals surface area (Å²) in [6, 6.07) is 9.82. The lowest BCUT2D eigenvalue weighted by Crippen LogP contribution is -2.38. The molecular weight excluding hydrogens is 272 g/mol. The van der Waals surface area contributed by atoms with Crippen LogP contribution in [-0.2, 0) is 6.54 Å². The third kappa shape index (κ3) is 4.25. The van der Waals surface area contributed by atoms with E-state index >= 15 is 0 Å². The summed E-state index contributed by atoms with van der Waals surface area (Å²) in [7, 11) is 1.58. The molecule has 0 aliphatic carbocycles. The number of hydrogen-bond acceptors (Lipinski definition) is 4. The molecule has 6 nitrogen and oxygen atoms in total. The summed E-state index contributed by atoms with van der Waals surface area (Å²) in [5.74, 6) is 1.38. The van der Waals surface area contributed by atoms with E-state index in [-0.39, 0.29) is 12.6 Å². The zero-order chi connectivity index (χ0) is 15.1. The van der Waals surface area contributed by atoms with Crippen LogP contribution in [-0.4, -0.2) is 24.9 Å². The Morgan fingerprint density at radius 2 is 2.10 bits per heavy atom. The Balaban J connectivity index is 1.89. The summed E-state index contributed by atoms with van der Waals surface area (Å²) >= 11 is 0. The first-order valence-corrected chi connectivity index (χ1v) is 6.54. The van der Waals surface area contributed by atoms with E-state index < -0.39 is 6.04 Å². The first-order valence-electron chi connectivity index (χ1n) is 6.54. The molecule has 0 radical (unpaired) electrons. The molecule has 1 aromatic carbocycles. The number of carbonyl (C=O) groups excluding carboxylic acids is 1. The highest BCUT2D eigenvalue weighted by Crippen LogP contribution is 2.17. The van der Waals surface area contributed by atoms with Crippen LogP contribution in [0.15, 0.2) is 47.1 Å². The van der Waals surface area contributed by atoms with E-state index in [0.29, 0.717) is 12.3 Å². The first kappa shape index (κ1) is 14.9. The average Bonchev–Trinajstić information content (AvgIpc) is 3.04. The second kappa shape index (κ2) is 7.35. The van der Waals surface area contributed by atoms with Crippen LogP contribution in [0.1, 0.15) is 17.4 Å². The maximum Gasteiger partial charge on any atom is 0.315 e. The van der Waals surface area contributed by atoms with Gasteiger partial charge in [0.05, 0.1) is 32.6 Å². The zero-order valence-electron chi connectivity index (χ0n) is 11.7. The SMILES string of the molecule is COc1ccc(C(CO)NC(=O)NCc2ccco2)cc1. The molecule has 2 amide bonds. The van der Waals surface area contributed by atoms with Crippen LogP contribution in [0, 0.1) is 0 Å². The number of urea groups is 1. The Hall–Kier alpha value is -2.47. The Morgan fingerprint density at radius 3 is 2.67 bits per heavy atom. The first-order chi connectivity index (χ1) is 10.2. The van der Waals surface area contributed by atoms with E-state index in [2.05, 4.69) is 10.6 Å². The van der Waals surface area contributed by atoms with Crippen molar-refractivity contribution in [2.45, 2.75) is 12.6 Å². The van der Waals surface area contributed by atoms with Crippen molar-refractivity contribution in [3.05, 3.63) is 54.0 Å². The lowest BCUT2D eigenvalue weighted by Gasteiger charge is -2.17. The van der Waals surface area contributed by atoms with Crippen LogP contribution >= 0.6 is 0 Å². The molecule has 0 saturated carbocycles. The Labute approximate surface area is 122 Å². The molecule has 6 heteroatoms. The van der Waals surface area contributed by atoms with Gasteiger partial charge in [-0.25, -0.2) is 4.79 Å². The summed E-state index contributed by atoms with van der Waals surface area (Å²) in [6.07, 6.45) is 1.54. The molecule has 3 N–H and O–H groups in total. The predicted octanol–water partition coefficient (Wildman–Crippen LogP) is 1.82. The number of rotatable bonds is 6. The third-order valence-electron chi connectivity index (χ3n) is 3.01. The van der Waals surface area contributed by atoms with Gasteiger partial charge in [-0.3, -0.25) is 0 Å². The quantitative estimate of drug-likeness (QED) is 0.757. The normalized spacial score (nSPS) is 11.7. The number of carbonyl (C=O) groups is 1. The molecule has 2 aromatic rings. The molecule has 1 unspecified atom stereocenters. The minimum absolute atomic E-state index is 0.194. The van der Waals surface area contributed by atoms with E-state index in [1.165, 1.54) is 0 Å². The number of amides is 2. The van der Waals surface area contributed by atoms with Crippen molar-refractivity contribution < 1.29 is 19.1 Å². The Morgan fingerprint density at radius 1 is 1.33 bits per heavy atom. The molecule has 0 saturated heterocycles. The van der Waals surface area contributed by atoms with Gasteiger partial charge >= 0.3 is 6.03 Å². The van der Waals surface area contributed by atoms with Gasteiger partial charge in [0.1, 0.15) is 11.5 Å². The predicted molar refractivity (Wildman–Crippen MR) is 76.9 cm³/mol. The van der Waals surface area contributed by atoms with Crippen LogP contribution in [0.4, 0.5) is 4.79 Å². The molecule has 1 heterocycles. The molecule has 0 spiro atoms. The highest BCUT2D eigenvalue weighted by Gasteiger charge is 2.13. The van der Waals surface area contributed by atoms with Crippen molar-refractivity contribution in [1.82, 2.24) is 10.6 Å². The van der Waals surface area contributed by atoms with Gasteiger partial charge in [-0.15, -0.1) is 0 Å². The fourth-order valence-corrected chi connectivity index (χ4v) is 1.86. The largest absolute Gasteiger partial charge is 0.497 e. The lowest BCUT2D eigenvalue weighted by molar-refractivity contribution is 0.216. The smallest absolute Gasteiger partial charge is 0.315 e. The molecule has 0 bridgehead atoms. The highest BCUT2D eigenvalue weighted by molar-refractivity contribution is 5.74. The van der Waals surface area contributed by atoms with Crippen LogP contribution in [0.2, 0.25) is 0 Å². The summed E-state index contributed by atoms with van der Waals surface area (Å²) in [6.45, 7) is 0.0973. The minimum Gasteiger partial charge on any atom is -0.497 e. The van der Waals surface area contributed by atoms with Crippen molar-refractivity contribution in [3.8, 4) is 5.75 Å². The van der Waals surface area contributed by atoms with E-state index in [9.17, 15) is 9.90 Å². The summed E-state index contributed by atoms with van der Waals surface area (Å²) in [5.41, 5.74) is 0.798. The van der Waals surface area contributed by atoms with Crippen molar-refractivity contribution in [1.29, 1.82) is 0 Å². The van der Waals surface area contributed by atoms with Gasteiger partial charge in [0.2, 0.25) is 0 Å². The maximum atomic E-state index is 11.8. The number of furan rings is 1. The number of methoxy groups -OCH3 is 1. The van der Waals surface area contributed by atoms with E-state index in [4.69, 9.17) is 9.15 Å². The van der Waals surface area contributed by atoms with Crippen molar-refractivity contribution in [2.75, 3.05) is 13.7 Å². The van der Waals surface area contributed by atoms with E-state index in [1.807, 2.05) is 0 Å². The number of benzene rings is 1. The van der Waals surface area contributed by atoms with Gasteiger partial charge in [0.15, 0.2) is 0 Å². The van der Waals surface area contributed by atoms with Gasteiger partial charge in [-0.05, 0) is 29.8 Å². The van der Waals surface area contributed by atoms with E-state index in [1.54, 1.807) is 49.8 Å². The molecule has 1 aromatic heterocycles. The highest BCUT2D eigenvalue weighted by atomic mass is 16.5. The number of hydrogen-bond donors (Lipinski definition) is 3. The number of aliphatic hydroxyl groups is 1. The molecule has 21 heavy (non-hydrogen) atoms. The third-order valence-corrected chi connectivity index (χ3v) is 3.01. The fourth-order valence-electron chi connectivity index (χ4n) is 1.86. The fraction of sp³-hybridized carbons (Fsp3) is 0.267. The van der Waals surface area contributed by atoms with Crippen LogP contribution in [0.5, 0.6) is 5.75 Å². The van der Waals surface area contributed by atoms with Crippen molar-refractivity contribution in [3.63, 3.8) is 0 Å². The number of nitrogens with one attached hydrogen (secondary N) is 2. The molecule has 0 aliphatic rings. The van der Waals surface area contributed by atoms with Gasteiger partial charge in [0, 0.05) is 0 Å². The molecule has 112 valence electrons. The topological polar surface area (TPSA) is 83.7 Å². The standard InChI is InChI=1S/C15H18N2O4/c1-20-12-6-4-11(5-7-12)14(10-18)17-15(19)16-9-13-3-2-8-21-13/h2-8,14,18H,9-10H2,1H3,(H2,16,17,19). The summed E-state index contributed by atoms with van der Waals surface area (Å²) < 4.78 is 10.2. The molecular formula is C15H18N2O4. The second-order valence-corrected chi connectivity index (χ2v) is 4.41. The molecule has 0 aliphatic heterocycles. The molecule has 0 fully saturated rings. The number of aliphatic hydroxyl groups excluding tert-OH is 1. The van der Waals surface area contributed by atoms with Gasteiger partial charge in [-0.2, -0.15) is 0 Å². The van der Waals surface area contributed by atoms with Gasteiger partial charge in [0.25, 0.3) is 0 Å². The van der Waals surface area contributed by atoms with Gasteiger partial charge < -0.3 is 24.9 Å². The van der Waals surface area contributed by atoms with Crippen molar-refractivity contribution >= 4 is 6.03 Å². The Kier molecular flexibility index (Phi) is 5.22. The lowest BCUT2D eigenvalue weighted by atomic mass is 10.1. The van der Waals surface area contributed by atoms with Crippen LogP contribution in [0.3, 0.4) is 0 Å². The summed E-state index contributed by atoms with van der Waals surface area (Å²) in [5, 5.41) is 14.8. The zero-order valence-corrected chi connectivity index (χ0v) is 11.7. The minimum atomic E-state index is -0.479. The number of ether oxygens (including phenoxy) is 1. The molecule has 1 atom stereocenters. The monoisotopic (exact) mass is 290 g/mol. The second-order valence-electron chi connectivity index (χ2n) is 4.41. The van der Waals surface area contributed by atoms with E-state index in [0.717, 1.165) is 11.3 Å². The maximum absolute atomic E-state index is 11.8. The summed E-state index contributed by atoms with van der Waals surface area (Å²) in [4.78, 5) is 11.8. The Bertz CT molecular complexity index is 552. The van der Waals surface area contributed by atoms with Crippen LogP contribution < -0.4 is 15.4 Å². The van der Waals surface area contributed by atoms with Crippen LogP contribution in [0.25, 0.3) is 0 Å². The molecule has 2 rings (SSSR count). The average molecular weight is 290 g/mol. The van der Waals surface area contributed by atoms with Crippen molar-refractivity contribution in [2.24, 2.45) is 0 Å².